The number of nitrogens with one attached hydrogen (secondary N) is 1. The molecule has 1 aliphatic heterocycles. The molecule has 4 aliphatic carbocycles. The zero-order valence-corrected chi connectivity index (χ0v) is 23.2. The van der Waals surface area contributed by atoms with Crippen molar-refractivity contribution in [3.8, 4) is 0 Å². The highest BCUT2D eigenvalue weighted by atomic mass is 16.6. The highest BCUT2D eigenvalue weighted by molar-refractivity contribution is 5.80. The van der Waals surface area contributed by atoms with Crippen LogP contribution in [0.2, 0.25) is 0 Å². The van der Waals surface area contributed by atoms with E-state index in [1.165, 1.54) is 6.92 Å². The quantitative estimate of drug-likeness (QED) is 0.548. The van der Waals surface area contributed by atoms with Gasteiger partial charge in [-0.25, -0.2) is 4.79 Å². The third-order valence-electron chi connectivity index (χ3n) is 11.8. The van der Waals surface area contributed by atoms with Crippen molar-refractivity contribution in [1.82, 2.24) is 10.2 Å². The Labute approximate surface area is 221 Å². The van der Waals surface area contributed by atoms with Gasteiger partial charge in [-0.15, -0.1) is 0 Å². The molecule has 0 aromatic rings. The molecule has 4 unspecified atom stereocenters. The van der Waals surface area contributed by atoms with Gasteiger partial charge >= 0.3 is 12.1 Å². The fourth-order valence-electron chi connectivity index (χ4n) is 9.64. The predicted octanol–water partition coefficient (Wildman–Crippen LogP) is 4.01. The summed E-state index contributed by atoms with van der Waals surface area (Å²) in [4.78, 5) is 38.8. The van der Waals surface area contributed by atoms with Gasteiger partial charge in [0.1, 0.15) is 12.2 Å². The van der Waals surface area contributed by atoms with E-state index in [-0.39, 0.29) is 52.5 Å². The number of piperidine rings is 1. The van der Waals surface area contributed by atoms with Crippen LogP contribution in [0.5, 0.6) is 0 Å². The van der Waals surface area contributed by atoms with E-state index in [4.69, 9.17) is 15.2 Å². The number of ether oxygens (including phenoxy) is 2. The number of likely N-dealkylation sites (tertiary alicyclic amines) is 1. The lowest BCUT2D eigenvalue weighted by molar-refractivity contribution is -0.149. The van der Waals surface area contributed by atoms with Crippen molar-refractivity contribution in [3.05, 3.63) is 0 Å². The maximum absolute atomic E-state index is 13.0. The molecule has 0 radical (unpaired) electrons. The minimum Gasteiger partial charge on any atom is -0.461 e. The van der Waals surface area contributed by atoms with E-state index in [1.54, 1.807) is 11.9 Å². The molecular formula is C29H47N3O5. The van der Waals surface area contributed by atoms with E-state index in [0.717, 1.165) is 70.6 Å². The molecule has 5 rings (SSSR count). The number of nitrogens with two attached hydrogens (primary N) is 1. The molecule has 1 saturated heterocycles. The van der Waals surface area contributed by atoms with E-state index in [9.17, 15) is 14.4 Å². The van der Waals surface area contributed by atoms with Gasteiger partial charge < -0.3 is 25.4 Å². The van der Waals surface area contributed by atoms with E-state index in [2.05, 4.69) is 19.2 Å². The first-order valence-corrected chi connectivity index (χ1v) is 14.6. The Balaban J connectivity index is 1.23. The van der Waals surface area contributed by atoms with Gasteiger partial charge in [0.05, 0.1) is 6.54 Å². The molecule has 0 aromatic carbocycles. The first-order valence-electron chi connectivity index (χ1n) is 14.6. The van der Waals surface area contributed by atoms with E-state index < -0.39 is 0 Å². The van der Waals surface area contributed by atoms with E-state index in [1.807, 2.05) is 0 Å². The van der Waals surface area contributed by atoms with Gasteiger partial charge in [0.25, 0.3) is 0 Å². The van der Waals surface area contributed by atoms with Crippen LogP contribution in [0.15, 0.2) is 0 Å². The molecule has 37 heavy (non-hydrogen) atoms. The first-order chi connectivity index (χ1) is 17.5. The molecule has 1 heterocycles. The van der Waals surface area contributed by atoms with Gasteiger partial charge in [0.15, 0.2) is 0 Å². The maximum Gasteiger partial charge on any atom is 0.410 e. The lowest BCUT2D eigenvalue weighted by Gasteiger charge is -2.64. The van der Waals surface area contributed by atoms with Crippen molar-refractivity contribution in [3.63, 3.8) is 0 Å². The molecule has 5 fully saturated rings. The third kappa shape index (κ3) is 4.35. The highest BCUT2D eigenvalue weighted by Gasteiger charge is 2.67. The first kappa shape index (κ1) is 26.8. The summed E-state index contributed by atoms with van der Waals surface area (Å²) in [5.41, 5.74) is 7.14. The van der Waals surface area contributed by atoms with Gasteiger partial charge in [0, 0.05) is 32.0 Å². The van der Waals surface area contributed by atoms with Crippen molar-refractivity contribution in [2.24, 2.45) is 40.2 Å². The number of hydrogen-bond donors (Lipinski definition) is 2. The maximum atomic E-state index is 13.0. The Morgan fingerprint density at radius 1 is 0.919 bits per heavy atom. The summed E-state index contributed by atoms with van der Waals surface area (Å²) in [5, 5.41) is 2.90. The van der Waals surface area contributed by atoms with Crippen molar-refractivity contribution < 1.29 is 23.9 Å². The molecule has 4 saturated carbocycles. The molecule has 0 spiro atoms. The molecule has 0 bridgehead atoms. The molecule has 8 nitrogen and oxygen atoms in total. The number of fused-ring (bicyclic) bond motifs is 5. The fourth-order valence-corrected chi connectivity index (χ4v) is 9.64. The second kappa shape index (κ2) is 9.73. The van der Waals surface area contributed by atoms with Gasteiger partial charge in [-0.05, 0) is 99.2 Å². The summed E-state index contributed by atoms with van der Waals surface area (Å²) in [6, 6.07) is 0. The summed E-state index contributed by atoms with van der Waals surface area (Å²) >= 11 is 0. The Kier molecular flexibility index (Phi) is 7.04. The standard InChI is InChI=1S/C29H47N3O5/c1-18(33)36-21-6-5-15-32(17-21)26(35)37-20-9-12-27(2)19(16-20)7-8-23-22(27)10-13-28(3)24(25(34)31-4)11-14-29(23,28)30/h19-24H,5-17,30H2,1-4H3,(H,31,34)/t19?,20?,21?,22-,23-,24?,27+,28-,29-/m1/s1. The number of amides is 2. The highest BCUT2D eigenvalue weighted by Crippen LogP contribution is 2.68. The molecule has 0 aromatic heterocycles. The van der Waals surface area contributed by atoms with Gasteiger partial charge in [-0.1, -0.05) is 13.8 Å². The molecular weight excluding hydrogens is 470 g/mol. The summed E-state index contributed by atoms with van der Waals surface area (Å²) < 4.78 is 11.4. The number of carbonyl (C=O) groups excluding carboxylic acids is 3. The fraction of sp³-hybridized carbons (Fsp3) is 0.897. The summed E-state index contributed by atoms with van der Waals surface area (Å²) in [7, 11) is 1.74. The zero-order chi connectivity index (χ0) is 26.6. The van der Waals surface area contributed by atoms with Crippen LogP contribution in [-0.4, -0.2) is 60.8 Å². The Hall–Kier alpha value is -1.83. The van der Waals surface area contributed by atoms with Crippen LogP contribution in [0.25, 0.3) is 0 Å². The Bertz CT molecular complexity index is 927. The Morgan fingerprint density at radius 2 is 1.70 bits per heavy atom. The lowest BCUT2D eigenvalue weighted by Crippen LogP contribution is -2.67. The van der Waals surface area contributed by atoms with Crippen molar-refractivity contribution >= 4 is 18.0 Å². The molecule has 5 aliphatic rings. The average Bonchev–Trinajstić information content (AvgIpc) is 3.14. The van der Waals surface area contributed by atoms with Crippen molar-refractivity contribution in [1.29, 1.82) is 0 Å². The molecule has 208 valence electrons. The summed E-state index contributed by atoms with van der Waals surface area (Å²) in [6.45, 7) is 7.25. The number of rotatable bonds is 3. The van der Waals surface area contributed by atoms with Crippen molar-refractivity contribution in [2.45, 2.75) is 109 Å². The second-order valence-corrected chi connectivity index (χ2v) is 13.3. The van der Waals surface area contributed by atoms with Crippen LogP contribution in [0, 0.1) is 34.5 Å². The number of hydrogen-bond acceptors (Lipinski definition) is 6. The molecule has 9 atom stereocenters. The smallest absolute Gasteiger partial charge is 0.410 e. The minimum atomic E-state index is -0.300. The van der Waals surface area contributed by atoms with Crippen LogP contribution < -0.4 is 11.1 Å². The predicted molar refractivity (Wildman–Crippen MR) is 139 cm³/mol. The monoisotopic (exact) mass is 517 g/mol. The topological polar surface area (TPSA) is 111 Å². The lowest BCUT2D eigenvalue weighted by atomic mass is 9.42. The number of carbonyl (C=O) groups is 3. The van der Waals surface area contributed by atoms with Crippen molar-refractivity contribution in [2.75, 3.05) is 20.1 Å². The second-order valence-electron chi connectivity index (χ2n) is 13.3. The van der Waals surface area contributed by atoms with E-state index in [0.29, 0.717) is 30.8 Å². The van der Waals surface area contributed by atoms with Crippen LogP contribution in [0.4, 0.5) is 4.79 Å². The van der Waals surface area contributed by atoms with Crippen LogP contribution in [-0.2, 0) is 19.1 Å². The number of esters is 1. The molecule has 3 N–H and O–H groups in total. The average molecular weight is 518 g/mol. The SMILES string of the molecule is CNC(=O)C1CC[C@@]2(N)[C@@H]3CCC4CC(OC(=O)N5CCCC(OC(C)=O)C5)CC[C@]4(C)[C@@H]3CC[C@]12C. The number of nitrogens with zero attached hydrogens (tertiary/aromatic N) is 1. The zero-order valence-electron chi connectivity index (χ0n) is 23.2. The third-order valence-corrected chi connectivity index (χ3v) is 11.8. The van der Waals surface area contributed by atoms with Crippen LogP contribution in [0.3, 0.4) is 0 Å². The largest absolute Gasteiger partial charge is 0.461 e. The van der Waals surface area contributed by atoms with Gasteiger partial charge in [-0.3, -0.25) is 9.59 Å². The minimum absolute atomic E-state index is 0.0133. The van der Waals surface area contributed by atoms with Gasteiger partial charge in [0.2, 0.25) is 5.91 Å². The summed E-state index contributed by atoms with van der Waals surface area (Å²) in [5.74, 6) is 1.41. The van der Waals surface area contributed by atoms with Gasteiger partial charge in [-0.2, -0.15) is 0 Å². The molecule has 8 heteroatoms. The summed E-state index contributed by atoms with van der Waals surface area (Å²) in [6.07, 6.45) is 10.1. The van der Waals surface area contributed by atoms with E-state index >= 15 is 0 Å². The van der Waals surface area contributed by atoms with Crippen LogP contribution >= 0.6 is 0 Å². The molecule has 2 amide bonds. The normalized spacial score (nSPS) is 45.2. The van der Waals surface area contributed by atoms with Crippen LogP contribution in [0.1, 0.15) is 91.4 Å². The Morgan fingerprint density at radius 3 is 2.43 bits per heavy atom.